The Morgan fingerprint density at radius 1 is 0.947 bits per heavy atom. The van der Waals surface area contributed by atoms with Gasteiger partial charge in [0.15, 0.2) is 0 Å². The van der Waals surface area contributed by atoms with Crippen molar-refractivity contribution in [3.8, 4) is 0 Å². The van der Waals surface area contributed by atoms with Crippen LogP contribution in [-0.2, 0) is 0 Å². The SMILES string of the molecule is CC(C)(O)C1=CC(C(C)(C)O)C(I)C(C(C)(C)O)=C1. The lowest BCUT2D eigenvalue weighted by Crippen LogP contribution is -2.43. The molecule has 0 heterocycles. The van der Waals surface area contributed by atoms with Crippen molar-refractivity contribution < 1.29 is 15.3 Å². The molecule has 3 nitrogen and oxygen atoms in total. The van der Waals surface area contributed by atoms with Crippen LogP contribution in [0.5, 0.6) is 0 Å². The molecule has 1 aliphatic rings. The lowest BCUT2D eigenvalue weighted by atomic mass is 9.74. The van der Waals surface area contributed by atoms with Gasteiger partial charge < -0.3 is 15.3 Å². The van der Waals surface area contributed by atoms with Crippen molar-refractivity contribution in [3.05, 3.63) is 23.3 Å². The molecule has 0 radical (unpaired) electrons. The van der Waals surface area contributed by atoms with Crippen LogP contribution < -0.4 is 0 Å². The van der Waals surface area contributed by atoms with Gasteiger partial charge in [0.2, 0.25) is 0 Å². The lowest BCUT2D eigenvalue weighted by Gasteiger charge is -2.40. The Kier molecular flexibility index (Phi) is 4.63. The topological polar surface area (TPSA) is 60.7 Å². The quantitative estimate of drug-likeness (QED) is 0.521. The summed E-state index contributed by atoms with van der Waals surface area (Å²) >= 11 is 2.26. The first kappa shape index (κ1) is 17.1. The third-order valence-corrected chi connectivity index (χ3v) is 4.96. The molecule has 0 saturated heterocycles. The van der Waals surface area contributed by atoms with Gasteiger partial charge in [-0.25, -0.2) is 0 Å². The first-order valence-corrected chi connectivity index (χ1v) is 7.74. The van der Waals surface area contributed by atoms with E-state index >= 15 is 0 Å². The molecule has 110 valence electrons. The average Bonchev–Trinajstić information content (AvgIpc) is 2.11. The number of hydrogen-bond donors (Lipinski definition) is 3. The van der Waals surface area contributed by atoms with Gasteiger partial charge in [-0.2, -0.15) is 0 Å². The molecule has 0 spiro atoms. The van der Waals surface area contributed by atoms with Gasteiger partial charge in [-0.15, -0.1) is 0 Å². The monoisotopic (exact) mass is 380 g/mol. The number of aliphatic hydroxyl groups is 3. The Bertz CT molecular complexity index is 403. The molecule has 0 bridgehead atoms. The second-order valence-electron chi connectivity index (χ2n) is 6.92. The fourth-order valence-corrected chi connectivity index (χ4v) is 4.25. The molecule has 4 heteroatoms. The summed E-state index contributed by atoms with van der Waals surface area (Å²) in [5.41, 5.74) is -1.30. The van der Waals surface area contributed by atoms with Gasteiger partial charge in [0, 0.05) is 9.84 Å². The van der Waals surface area contributed by atoms with E-state index in [2.05, 4.69) is 22.6 Å². The van der Waals surface area contributed by atoms with Crippen molar-refractivity contribution in [2.45, 2.75) is 62.3 Å². The minimum atomic E-state index is -0.989. The number of halogens is 1. The van der Waals surface area contributed by atoms with Crippen LogP contribution in [0.25, 0.3) is 0 Å². The fraction of sp³-hybridized carbons (Fsp3) is 0.733. The summed E-state index contributed by atoms with van der Waals surface area (Å²) in [5, 5.41) is 30.9. The maximum absolute atomic E-state index is 10.3. The summed E-state index contributed by atoms with van der Waals surface area (Å²) in [7, 11) is 0. The average molecular weight is 380 g/mol. The van der Waals surface area contributed by atoms with Crippen molar-refractivity contribution in [1.82, 2.24) is 0 Å². The van der Waals surface area contributed by atoms with E-state index in [1.165, 1.54) is 0 Å². The van der Waals surface area contributed by atoms with Crippen LogP contribution >= 0.6 is 22.6 Å². The maximum atomic E-state index is 10.3. The van der Waals surface area contributed by atoms with Crippen molar-refractivity contribution in [3.63, 3.8) is 0 Å². The van der Waals surface area contributed by atoms with Gasteiger partial charge >= 0.3 is 0 Å². The summed E-state index contributed by atoms with van der Waals surface area (Å²) in [4.78, 5) is 0. The fourth-order valence-electron chi connectivity index (χ4n) is 2.22. The Hall–Kier alpha value is 0.0900. The third-order valence-electron chi connectivity index (χ3n) is 3.51. The molecule has 3 N–H and O–H groups in total. The Balaban J connectivity index is 3.36. The van der Waals surface area contributed by atoms with Crippen LogP contribution in [0, 0.1) is 5.92 Å². The lowest BCUT2D eigenvalue weighted by molar-refractivity contribution is 0.0321. The molecule has 2 unspecified atom stereocenters. The van der Waals surface area contributed by atoms with Crippen molar-refractivity contribution in [2.24, 2.45) is 5.92 Å². The van der Waals surface area contributed by atoms with Gasteiger partial charge in [-0.3, -0.25) is 0 Å². The zero-order valence-corrected chi connectivity index (χ0v) is 14.7. The predicted molar refractivity (Wildman–Crippen MR) is 86.4 cm³/mol. The predicted octanol–water partition coefficient (Wildman–Crippen LogP) is 2.59. The minimum absolute atomic E-state index is 0.0105. The molecule has 0 aromatic heterocycles. The van der Waals surface area contributed by atoms with E-state index in [-0.39, 0.29) is 9.84 Å². The molecule has 0 aliphatic heterocycles. The van der Waals surface area contributed by atoms with E-state index in [9.17, 15) is 15.3 Å². The molecule has 1 rings (SSSR count). The molecule has 2 atom stereocenters. The zero-order chi connectivity index (χ0) is 15.2. The molecule has 1 aliphatic carbocycles. The summed E-state index contributed by atoms with van der Waals surface area (Å²) in [6.07, 6.45) is 3.78. The van der Waals surface area contributed by atoms with Crippen LogP contribution in [0.15, 0.2) is 23.3 Å². The van der Waals surface area contributed by atoms with Crippen LogP contribution in [-0.4, -0.2) is 36.0 Å². The van der Waals surface area contributed by atoms with Gasteiger partial charge in [-0.05, 0) is 52.7 Å². The van der Waals surface area contributed by atoms with E-state index in [0.717, 1.165) is 11.1 Å². The number of rotatable bonds is 3. The molecule has 19 heavy (non-hydrogen) atoms. The molecule has 0 aromatic rings. The Morgan fingerprint density at radius 2 is 1.42 bits per heavy atom. The summed E-state index contributed by atoms with van der Waals surface area (Å²) in [5.74, 6) is -0.152. The highest BCUT2D eigenvalue weighted by Crippen LogP contribution is 2.42. The van der Waals surface area contributed by atoms with E-state index in [1.54, 1.807) is 41.5 Å². The third kappa shape index (κ3) is 4.03. The molecule has 0 aromatic carbocycles. The van der Waals surface area contributed by atoms with Crippen LogP contribution in [0.3, 0.4) is 0 Å². The summed E-state index contributed by atoms with van der Waals surface area (Å²) in [6, 6.07) is 0. The summed E-state index contributed by atoms with van der Waals surface area (Å²) in [6.45, 7) is 10.4. The summed E-state index contributed by atoms with van der Waals surface area (Å²) < 4.78 is -0.0105. The molecular formula is C15H25IO3. The van der Waals surface area contributed by atoms with E-state index in [1.807, 2.05) is 12.2 Å². The first-order chi connectivity index (χ1) is 8.24. The largest absolute Gasteiger partial charge is 0.390 e. The molecular weight excluding hydrogens is 355 g/mol. The molecule has 0 fully saturated rings. The van der Waals surface area contributed by atoms with Crippen LogP contribution in [0.1, 0.15) is 41.5 Å². The van der Waals surface area contributed by atoms with Crippen molar-refractivity contribution in [1.29, 1.82) is 0 Å². The first-order valence-electron chi connectivity index (χ1n) is 6.50. The number of alkyl halides is 1. The Labute approximate surface area is 129 Å². The van der Waals surface area contributed by atoms with Crippen LogP contribution in [0.4, 0.5) is 0 Å². The maximum Gasteiger partial charge on any atom is 0.0837 e. The minimum Gasteiger partial charge on any atom is -0.390 e. The second kappa shape index (κ2) is 5.13. The Morgan fingerprint density at radius 3 is 1.74 bits per heavy atom. The molecule has 0 amide bonds. The van der Waals surface area contributed by atoms with Gasteiger partial charge in [-0.1, -0.05) is 34.7 Å². The molecule has 0 saturated carbocycles. The standard InChI is InChI=1S/C15H25IO3/c1-13(2,17)9-7-10(14(3,4)18)12(16)11(8-9)15(5,6)19/h7-8,10,12,17-19H,1-6H3. The highest BCUT2D eigenvalue weighted by atomic mass is 127. The highest BCUT2D eigenvalue weighted by molar-refractivity contribution is 14.1. The van der Waals surface area contributed by atoms with Crippen molar-refractivity contribution >= 4 is 22.6 Å². The highest BCUT2D eigenvalue weighted by Gasteiger charge is 2.41. The van der Waals surface area contributed by atoms with E-state index in [4.69, 9.17) is 0 Å². The normalized spacial score (nSPS) is 26.0. The van der Waals surface area contributed by atoms with Gasteiger partial charge in [0.1, 0.15) is 0 Å². The zero-order valence-electron chi connectivity index (χ0n) is 12.5. The van der Waals surface area contributed by atoms with Crippen LogP contribution in [0.2, 0.25) is 0 Å². The van der Waals surface area contributed by atoms with Gasteiger partial charge in [0.25, 0.3) is 0 Å². The van der Waals surface area contributed by atoms with Gasteiger partial charge in [0.05, 0.1) is 16.8 Å². The number of hydrogen-bond acceptors (Lipinski definition) is 3. The smallest absolute Gasteiger partial charge is 0.0837 e. The van der Waals surface area contributed by atoms with Crippen molar-refractivity contribution in [2.75, 3.05) is 0 Å². The van der Waals surface area contributed by atoms with E-state index < -0.39 is 16.8 Å². The second-order valence-corrected chi connectivity index (χ2v) is 8.26. The van der Waals surface area contributed by atoms with E-state index in [0.29, 0.717) is 0 Å².